The van der Waals surface area contributed by atoms with Gasteiger partial charge in [-0.25, -0.2) is 9.29 Å². The third-order valence-corrected chi connectivity index (χ3v) is 6.04. The van der Waals surface area contributed by atoms with Crippen LogP contribution in [0.3, 0.4) is 0 Å². The molecular weight excluding hydrogens is 353 g/mol. The van der Waals surface area contributed by atoms with Crippen molar-refractivity contribution in [3.63, 3.8) is 0 Å². The van der Waals surface area contributed by atoms with Gasteiger partial charge in [-0.2, -0.15) is 0 Å². The summed E-state index contributed by atoms with van der Waals surface area (Å²) in [5.41, 5.74) is 5.66. The van der Waals surface area contributed by atoms with E-state index in [2.05, 4.69) is 0 Å². The second-order valence-corrected chi connectivity index (χ2v) is 7.38. The van der Waals surface area contributed by atoms with Crippen molar-refractivity contribution < 1.29 is 14.0 Å². The Morgan fingerprint density at radius 1 is 0.643 bits per heavy atom. The number of carbonyl (C=O) groups is 2. The number of amides is 2. The predicted molar refractivity (Wildman–Crippen MR) is 102 cm³/mol. The molecule has 0 saturated carbocycles. The van der Waals surface area contributed by atoms with Crippen molar-refractivity contribution in [3.8, 4) is 0 Å². The molecule has 28 heavy (non-hydrogen) atoms. The van der Waals surface area contributed by atoms with Crippen molar-refractivity contribution in [2.75, 3.05) is 4.90 Å². The molecule has 7 rings (SSSR count). The quantitative estimate of drug-likeness (QED) is 0.602. The maximum Gasteiger partial charge on any atom is 0.262 e. The van der Waals surface area contributed by atoms with E-state index in [4.69, 9.17) is 0 Å². The number of anilines is 1. The molecule has 0 spiro atoms. The summed E-state index contributed by atoms with van der Waals surface area (Å²) in [4.78, 5) is 27.9. The first-order chi connectivity index (χ1) is 13.7. The molecule has 2 amide bonds. The maximum absolute atomic E-state index is 13.8. The monoisotopic (exact) mass is 367 g/mol. The maximum atomic E-state index is 13.8. The number of rotatable bonds is 1. The minimum absolute atomic E-state index is 0.262. The van der Waals surface area contributed by atoms with E-state index in [-0.39, 0.29) is 29.3 Å². The Morgan fingerprint density at radius 3 is 1.54 bits per heavy atom. The van der Waals surface area contributed by atoms with Gasteiger partial charge in [-0.15, -0.1) is 0 Å². The molecule has 0 saturated heterocycles. The van der Waals surface area contributed by atoms with Gasteiger partial charge in [0, 0.05) is 23.0 Å². The van der Waals surface area contributed by atoms with Crippen LogP contribution in [0.1, 0.15) is 34.1 Å². The molecule has 0 unspecified atom stereocenters. The number of carbonyl (C=O) groups excluding carboxylic acids is 2. The van der Waals surface area contributed by atoms with E-state index in [0.29, 0.717) is 11.1 Å². The van der Waals surface area contributed by atoms with Crippen molar-refractivity contribution in [2.24, 2.45) is 0 Å². The lowest BCUT2D eigenvalue weighted by molar-refractivity contribution is -0.120. The molecule has 0 aromatic heterocycles. The van der Waals surface area contributed by atoms with Crippen molar-refractivity contribution in [2.45, 2.75) is 11.8 Å². The molecule has 1 heterocycles. The van der Waals surface area contributed by atoms with Gasteiger partial charge in [0.25, 0.3) is 11.8 Å². The summed E-state index contributed by atoms with van der Waals surface area (Å²) in [5.74, 6) is -1.68. The first-order valence-electron chi connectivity index (χ1n) is 9.23. The van der Waals surface area contributed by atoms with E-state index in [1.807, 2.05) is 48.5 Å². The van der Waals surface area contributed by atoms with E-state index in [1.165, 1.54) is 18.2 Å². The van der Waals surface area contributed by atoms with E-state index in [9.17, 15) is 14.0 Å². The molecule has 0 atom stereocenters. The highest BCUT2D eigenvalue weighted by atomic mass is 19.1. The zero-order valence-electron chi connectivity index (χ0n) is 14.7. The number of nitrogens with zero attached hydrogens (tertiary/aromatic N) is 1. The normalized spacial score (nSPS) is 21.7. The lowest BCUT2D eigenvalue weighted by Crippen LogP contribution is -2.32. The van der Waals surface area contributed by atoms with Crippen molar-refractivity contribution >= 4 is 17.5 Å². The molecule has 3 aliphatic carbocycles. The van der Waals surface area contributed by atoms with Crippen molar-refractivity contribution in [1.82, 2.24) is 0 Å². The van der Waals surface area contributed by atoms with Gasteiger partial charge in [0.1, 0.15) is 5.82 Å². The molecular formula is C24H14FNO2. The molecule has 4 heteroatoms. The highest BCUT2D eigenvalue weighted by Gasteiger charge is 2.53. The second-order valence-electron chi connectivity index (χ2n) is 7.38. The summed E-state index contributed by atoms with van der Waals surface area (Å²) in [6, 6.07) is 21.7. The van der Waals surface area contributed by atoms with Crippen LogP contribution in [-0.2, 0) is 9.59 Å². The summed E-state index contributed by atoms with van der Waals surface area (Å²) in [7, 11) is 0. The van der Waals surface area contributed by atoms with Crippen LogP contribution in [0.2, 0.25) is 0 Å². The molecule has 134 valence electrons. The van der Waals surface area contributed by atoms with E-state index < -0.39 is 5.82 Å². The Hall–Kier alpha value is -3.53. The molecule has 0 radical (unpaired) electrons. The number of hydrogen-bond donors (Lipinski definition) is 0. The largest absolute Gasteiger partial charge is 0.269 e. The summed E-state index contributed by atoms with van der Waals surface area (Å²) >= 11 is 0. The highest BCUT2D eigenvalue weighted by Crippen LogP contribution is 2.58. The Labute approximate surface area is 160 Å². The van der Waals surface area contributed by atoms with Crippen LogP contribution in [0, 0.1) is 5.82 Å². The molecule has 0 N–H and O–H groups in total. The van der Waals surface area contributed by atoms with E-state index in [0.717, 1.165) is 27.2 Å². The van der Waals surface area contributed by atoms with Crippen LogP contribution < -0.4 is 4.90 Å². The second kappa shape index (κ2) is 5.26. The first kappa shape index (κ1) is 15.5. The summed E-state index contributed by atoms with van der Waals surface area (Å²) in [5, 5.41) is 0. The fourth-order valence-electron chi connectivity index (χ4n) is 5.00. The Kier molecular flexibility index (Phi) is 2.91. The molecule has 3 aromatic carbocycles. The lowest BCUT2D eigenvalue weighted by Gasteiger charge is -2.39. The topological polar surface area (TPSA) is 37.4 Å². The van der Waals surface area contributed by atoms with Crippen LogP contribution in [-0.4, -0.2) is 11.8 Å². The fourth-order valence-corrected chi connectivity index (χ4v) is 5.00. The number of imide groups is 1. The Morgan fingerprint density at radius 2 is 1.11 bits per heavy atom. The number of benzene rings is 3. The first-order valence-corrected chi connectivity index (χ1v) is 9.23. The van der Waals surface area contributed by atoms with Crippen LogP contribution >= 0.6 is 0 Å². The standard InChI is InChI=1S/C24H14FNO2/c25-13-6-5-7-14(12-13)26-23(27)21-19-15-8-1-2-9-16(15)20(22(21)24(26)28)18-11-4-3-10-17(18)19/h1-12,19-20H. The average molecular weight is 367 g/mol. The molecule has 3 nitrogen and oxygen atoms in total. The van der Waals surface area contributed by atoms with Crippen molar-refractivity contribution in [1.29, 1.82) is 0 Å². The third kappa shape index (κ3) is 1.77. The van der Waals surface area contributed by atoms with Gasteiger partial charge in [-0.05, 0) is 40.5 Å². The molecule has 2 bridgehead atoms. The highest BCUT2D eigenvalue weighted by molar-refractivity contribution is 6.34. The summed E-state index contributed by atoms with van der Waals surface area (Å²) in [6.45, 7) is 0. The fraction of sp³-hybridized carbons (Fsp3) is 0.0833. The number of hydrogen-bond acceptors (Lipinski definition) is 2. The molecule has 0 fully saturated rings. The van der Waals surface area contributed by atoms with Gasteiger partial charge in [-0.1, -0.05) is 54.6 Å². The van der Waals surface area contributed by atoms with Crippen LogP contribution in [0.15, 0.2) is 83.9 Å². The van der Waals surface area contributed by atoms with Crippen molar-refractivity contribution in [3.05, 3.63) is 112 Å². The van der Waals surface area contributed by atoms with Gasteiger partial charge in [0.05, 0.1) is 5.69 Å². The minimum atomic E-state index is -0.475. The zero-order valence-corrected chi connectivity index (χ0v) is 14.7. The average Bonchev–Trinajstić information content (AvgIpc) is 2.99. The predicted octanol–water partition coefficient (Wildman–Crippen LogP) is 4.29. The molecule has 1 aliphatic heterocycles. The van der Waals surface area contributed by atoms with Gasteiger partial charge >= 0.3 is 0 Å². The van der Waals surface area contributed by atoms with E-state index in [1.54, 1.807) is 6.07 Å². The third-order valence-electron chi connectivity index (χ3n) is 6.04. The summed E-state index contributed by atoms with van der Waals surface area (Å²) in [6.07, 6.45) is 0. The van der Waals surface area contributed by atoms with Crippen LogP contribution in [0.5, 0.6) is 0 Å². The van der Waals surface area contributed by atoms with E-state index >= 15 is 0 Å². The van der Waals surface area contributed by atoms with Gasteiger partial charge < -0.3 is 0 Å². The van der Waals surface area contributed by atoms with Crippen LogP contribution in [0.25, 0.3) is 0 Å². The Balaban J connectivity index is 1.60. The van der Waals surface area contributed by atoms with Gasteiger partial charge in [0.2, 0.25) is 0 Å². The minimum Gasteiger partial charge on any atom is -0.269 e. The lowest BCUT2D eigenvalue weighted by atomic mass is 9.61. The summed E-state index contributed by atoms with van der Waals surface area (Å²) < 4.78 is 13.8. The zero-order chi connectivity index (χ0) is 19.0. The SMILES string of the molecule is O=C1C2=C(C(=O)N1c1cccc(F)c1)C1c3ccccc3C2c2ccccc21. The molecule has 4 aliphatic rings. The van der Waals surface area contributed by atoms with Gasteiger partial charge in [0.15, 0.2) is 0 Å². The van der Waals surface area contributed by atoms with Gasteiger partial charge in [-0.3, -0.25) is 9.59 Å². The number of halogens is 1. The smallest absolute Gasteiger partial charge is 0.262 e. The Bertz CT molecular complexity index is 1120. The van der Waals surface area contributed by atoms with Crippen LogP contribution in [0.4, 0.5) is 10.1 Å². The molecule has 3 aromatic rings.